The molecule has 1 aromatic rings. The minimum atomic E-state index is -1.12. The Morgan fingerprint density at radius 1 is 1.50 bits per heavy atom. The second-order valence-electron chi connectivity index (χ2n) is 3.25. The van der Waals surface area contributed by atoms with Crippen molar-refractivity contribution in [1.82, 2.24) is 0 Å². The fourth-order valence-corrected chi connectivity index (χ4v) is 1.95. The van der Waals surface area contributed by atoms with Crippen molar-refractivity contribution < 1.29 is 23.8 Å². The SMILES string of the molecule is O=C(O)Cc1c(F)c(Br)cc2c1OCCO2. The van der Waals surface area contributed by atoms with Gasteiger partial charge in [0.15, 0.2) is 11.5 Å². The molecule has 6 heteroatoms. The minimum Gasteiger partial charge on any atom is -0.486 e. The van der Waals surface area contributed by atoms with Crippen LogP contribution in [-0.2, 0) is 11.2 Å². The van der Waals surface area contributed by atoms with Gasteiger partial charge >= 0.3 is 5.97 Å². The molecule has 0 saturated heterocycles. The summed E-state index contributed by atoms with van der Waals surface area (Å²) in [7, 11) is 0. The number of benzene rings is 1. The first-order valence-electron chi connectivity index (χ1n) is 4.58. The summed E-state index contributed by atoms with van der Waals surface area (Å²) in [5.41, 5.74) is 0.0107. The average molecular weight is 291 g/mol. The van der Waals surface area contributed by atoms with Crippen LogP contribution in [-0.4, -0.2) is 24.3 Å². The van der Waals surface area contributed by atoms with Gasteiger partial charge in [-0.15, -0.1) is 0 Å². The first-order valence-corrected chi connectivity index (χ1v) is 5.37. The van der Waals surface area contributed by atoms with E-state index >= 15 is 0 Å². The van der Waals surface area contributed by atoms with Crippen LogP contribution in [0.5, 0.6) is 11.5 Å². The van der Waals surface area contributed by atoms with E-state index in [0.717, 1.165) is 0 Å². The zero-order chi connectivity index (χ0) is 11.7. The van der Waals surface area contributed by atoms with Crippen LogP contribution >= 0.6 is 15.9 Å². The van der Waals surface area contributed by atoms with Crippen LogP contribution < -0.4 is 9.47 Å². The van der Waals surface area contributed by atoms with Gasteiger partial charge in [0.1, 0.15) is 19.0 Å². The summed E-state index contributed by atoms with van der Waals surface area (Å²) in [6.07, 6.45) is -0.434. The predicted molar refractivity (Wildman–Crippen MR) is 56.4 cm³/mol. The number of rotatable bonds is 2. The molecule has 0 aromatic heterocycles. The number of carboxylic acids is 1. The summed E-state index contributed by atoms with van der Waals surface area (Å²) in [6, 6.07) is 1.44. The lowest BCUT2D eigenvalue weighted by molar-refractivity contribution is -0.136. The van der Waals surface area contributed by atoms with Crippen molar-refractivity contribution in [2.24, 2.45) is 0 Å². The lowest BCUT2D eigenvalue weighted by Crippen LogP contribution is -2.18. The maximum Gasteiger partial charge on any atom is 0.308 e. The molecule has 0 fully saturated rings. The van der Waals surface area contributed by atoms with Crippen LogP contribution in [0.4, 0.5) is 4.39 Å². The molecule has 0 atom stereocenters. The topological polar surface area (TPSA) is 55.8 Å². The third-order valence-electron chi connectivity index (χ3n) is 2.15. The lowest BCUT2D eigenvalue weighted by Gasteiger charge is -2.21. The van der Waals surface area contributed by atoms with Gasteiger partial charge in [-0.25, -0.2) is 4.39 Å². The highest BCUT2D eigenvalue weighted by molar-refractivity contribution is 9.10. The number of hydrogen-bond acceptors (Lipinski definition) is 3. The summed E-state index contributed by atoms with van der Waals surface area (Å²) in [5.74, 6) is -1.18. The quantitative estimate of drug-likeness (QED) is 0.905. The van der Waals surface area contributed by atoms with Gasteiger partial charge in [-0.1, -0.05) is 0 Å². The fourth-order valence-electron chi connectivity index (χ4n) is 1.51. The van der Waals surface area contributed by atoms with Crippen LogP contribution in [0.3, 0.4) is 0 Å². The Morgan fingerprint density at radius 3 is 2.88 bits per heavy atom. The van der Waals surface area contributed by atoms with Crippen molar-refractivity contribution in [3.8, 4) is 11.5 Å². The lowest BCUT2D eigenvalue weighted by atomic mass is 10.1. The average Bonchev–Trinajstić information content (AvgIpc) is 2.24. The molecular weight excluding hydrogens is 283 g/mol. The Kier molecular flexibility index (Phi) is 3.00. The molecule has 0 aliphatic carbocycles. The van der Waals surface area contributed by atoms with Gasteiger partial charge in [0, 0.05) is 11.6 Å². The van der Waals surface area contributed by atoms with Crippen molar-refractivity contribution in [3.63, 3.8) is 0 Å². The number of halogens is 2. The van der Waals surface area contributed by atoms with Gasteiger partial charge in [0.05, 0.1) is 10.9 Å². The highest BCUT2D eigenvalue weighted by Gasteiger charge is 2.23. The van der Waals surface area contributed by atoms with E-state index < -0.39 is 18.2 Å². The molecule has 4 nitrogen and oxygen atoms in total. The highest BCUT2D eigenvalue weighted by atomic mass is 79.9. The van der Waals surface area contributed by atoms with E-state index in [9.17, 15) is 9.18 Å². The van der Waals surface area contributed by atoms with Crippen molar-refractivity contribution in [2.75, 3.05) is 13.2 Å². The molecule has 0 radical (unpaired) electrons. The Balaban J connectivity index is 2.54. The maximum atomic E-state index is 13.7. The molecule has 86 valence electrons. The van der Waals surface area contributed by atoms with Gasteiger partial charge in [0.2, 0.25) is 0 Å². The third-order valence-corrected chi connectivity index (χ3v) is 2.72. The molecule has 1 heterocycles. The van der Waals surface area contributed by atoms with Gasteiger partial charge in [-0.3, -0.25) is 4.79 Å². The maximum absolute atomic E-state index is 13.7. The number of hydrogen-bond donors (Lipinski definition) is 1. The predicted octanol–water partition coefficient (Wildman–Crippen LogP) is 1.99. The summed E-state index contributed by atoms with van der Waals surface area (Å²) in [4.78, 5) is 10.6. The zero-order valence-corrected chi connectivity index (χ0v) is 9.71. The van der Waals surface area contributed by atoms with Crippen LogP contribution in [0.1, 0.15) is 5.56 Å². The molecule has 0 bridgehead atoms. The smallest absolute Gasteiger partial charge is 0.308 e. The Morgan fingerprint density at radius 2 is 2.19 bits per heavy atom. The Hall–Kier alpha value is -1.30. The first-order chi connectivity index (χ1) is 7.59. The molecule has 2 rings (SSSR count). The molecular formula is C10H8BrFO4. The van der Waals surface area contributed by atoms with E-state index in [-0.39, 0.29) is 15.8 Å². The van der Waals surface area contributed by atoms with E-state index in [0.29, 0.717) is 19.0 Å². The van der Waals surface area contributed by atoms with Crippen LogP contribution in [0.15, 0.2) is 10.5 Å². The van der Waals surface area contributed by atoms with E-state index in [2.05, 4.69) is 15.9 Å². The van der Waals surface area contributed by atoms with Crippen molar-refractivity contribution >= 4 is 21.9 Å². The summed E-state index contributed by atoms with van der Waals surface area (Å²) < 4.78 is 24.4. The summed E-state index contributed by atoms with van der Waals surface area (Å²) in [5, 5.41) is 8.71. The van der Waals surface area contributed by atoms with E-state index in [4.69, 9.17) is 14.6 Å². The largest absolute Gasteiger partial charge is 0.486 e. The van der Waals surface area contributed by atoms with E-state index in [1.807, 2.05) is 0 Å². The molecule has 0 spiro atoms. The normalized spacial score (nSPS) is 13.6. The highest BCUT2D eigenvalue weighted by Crippen LogP contribution is 2.39. The number of aliphatic carboxylic acids is 1. The number of carbonyl (C=O) groups is 1. The number of ether oxygens (including phenoxy) is 2. The van der Waals surface area contributed by atoms with Crippen molar-refractivity contribution in [1.29, 1.82) is 0 Å². The van der Waals surface area contributed by atoms with Crippen molar-refractivity contribution in [2.45, 2.75) is 6.42 Å². The van der Waals surface area contributed by atoms with Crippen molar-refractivity contribution in [3.05, 3.63) is 21.9 Å². The van der Waals surface area contributed by atoms with Gasteiger partial charge < -0.3 is 14.6 Å². The first kappa shape index (κ1) is 11.2. The van der Waals surface area contributed by atoms with Gasteiger partial charge in [-0.2, -0.15) is 0 Å². The van der Waals surface area contributed by atoms with Gasteiger partial charge in [0.25, 0.3) is 0 Å². The van der Waals surface area contributed by atoms with Crippen LogP contribution in [0.2, 0.25) is 0 Å². The summed E-state index contributed by atoms with van der Waals surface area (Å²) >= 11 is 3.01. The van der Waals surface area contributed by atoms with Gasteiger partial charge in [-0.05, 0) is 15.9 Å². The molecule has 0 unspecified atom stereocenters. The molecule has 0 amide bonds. The fraction of sp³-hybridized carbons (Fsp3) is 0.300. The minimum absolute atomic E-state index is 0.0107. The van der Waals surface area contributed by atoms with E-state index in [1.54, 1.807) is 0 Å². The standard InChI is InChI=1S/C10H8BrFO4/c11-6-4-7-10(16-2-1-15-7)5(9(6)12)3-8(13)14/h4H,1-3H2,(H,13,14). The van der Waals surface area contributed by atoms with Crippen LogP contribution in [0.25, 0.3) is 0 Å². The number of fused-ring (bicyclic) bond motifs is 1. The molecule has 16 heavy (non-hydrogen) atoms. The third kappa shape index (κ3) is 1.97. The summed E-state index contributed by atoms with van der Waals surface area (Å²) in [6.45, 7) is 0.665. The second kappa shape index (κ2) is 4.29. The number of carboxylic acid groups (broad SMARTS) is 1. The molecule has 1 N–H and O–H groups in total. The Labute approximate surface area is 99.1 Å². The Bertz CT molecular complexity index is 447. The monoisotopic (exact) mass is 290 g/mol. The second-order valence-corrected chi connectivity index (χ2v) is 4.10. The molecule has 1 aromatic carbocycles. The zero-order valence-electron chi connectivity index (χ0n) is 8.13. The molecule has 1 aliphatic rings. The van der Waals surface area contributed by atoms with Crippen LogP contribution in [0, 0.1) is 5.82 Å². The van der Waals surface area contributed by atoms with E-state index in [1.165, 1.54) is 6.07 Å². The molecule has 0 saturated carbocycles. The molecule has 1 aliphatic heterocycles.